The van der Waals surface area contributed by atoms with Gasteiger partial charge in [0.05, 0.1) is 0 Å². The van der Waals surface area contributed by atoms with Crippen LogP contribution in [0.3, 0.4) is 0 Å². The molecule has 0 saturated heterocycles. The van der Waals surface area contributed by atoms with Crippen LogP contribution in [0.4, 0.5) is 0 Å². The Kier molecular flexibility index (Phi) is 4.69. The molecule has 18 heavy (non-hydrogen) atoms. The highest BCUT2D eigenvalue weighted by Crippen LogP contribution is 2.39. The third-order valence-corrected chi connectivity index (χ3v) is 4.24. The van der Waals surface area contributed by atoms with E-state index in [1.165, 1.54) is 42.4 Å². The summed E-state index contributed by atoms with van der Waals surface area (Å²) in [6.07, 6.45) is 5.29. The molecule has 1 aliphatic carbocycles. The molecule has 2 rings (SSSR count). The second-order valence-corrected chi connectivity index (χ2v) is 6.05. The molecule has 2 heteroatoms. The SMILES string of the molecule is CCCNC(CC1CC1)c1cc(C)c(Cl)cc1C. The van der Waals surface area contributed by atoms with Gasteiger partial charge in [0.15, 0.2) is 0 Å². The van der Waals surface area contributed by atoms with Gasteiger partial charge in [-0.05, 0) is 61.9 Å². The Morgan fingerprint density at radius 2 is 2.00 bits per heavy atom. The fraction of sp³-hybridized carbons (Fsp3) is 0.625. The van der Waals surface area contributed by atoms with Crippen molar-refractivity contribution >= 4 is 11.6 Å². The molecule has 1 N–H and O–H groups in total. The molecule has 1 aromatic carbocycles. The standard InChI is InChI=1S/C16H24ClN/c1-4-7-18-16(10-13-5-6-13)14-8-12(3)15(17)9-11(14)2/h8-9,13,16,18H,4-7,10H2,1-3H3. The molecule has 0 bridgehead atoms. The van der Waals surface area contributed by atoms with Crippen molar-refractivity contribution in [2.45, 2.75) is 52.5 Å². The fourth-order valence-corrected chi connectivity index (χ4v) is 2.72. The molecule has 100 valence electrons. The van der Waals surface area contributed by atoms with Gasteiger partial charge in [0.2, 0.25) is 0 Å². The molecule has 1 fully saturated rings. The first-order valence-electron chi connectivity index (χ1n) is 7.11. The lowest BCUT2D eigenvalue weighted by atomic mass is 9.95. The molecule has 1 saturated carbocycles. The first-order chi connectivity index (χ1) is 8.61. The van der Waals surface area contributed by atoms with Crippen molar-refractivity contribution in [3.8, 4) is 0 Å². The molecule has 0 radical (unpaired) electrons. The Hall–Kier alpha value is -0.530. The van der Waals surface area contributed by atoms with Gasteiger partial charge in [-0.1, -0.05) is 37.4 Å². The average Bonchev–Trinajstić information content (AvgIpc) is 3.13. The molecular formula is C16H24ClN. The van der Waals surface area contributed by atoms with Crippen LogP contribution >= 0.6 is 11.6 Å². The van der Waals surface area contributed by atoms with Crippen molar-refractivity contribution in [2.24, 2.45) is 5.92 Å². The molecule has 0 heterocycles. The Bertz CT molecular complexity index is 410. The maximum absolute atomic E-state index is 6.19. The van der Waals surface area contributed by atoms with Crippen LogP contribution in [0, 0.1) is 19.8 Å². The van der Waals surface area contributed by atoms with Crippen LogP contribution in [-0.2, 0) is 0 Å². The Balaban J connectivity index is 2.19. The van der Waals surface area contributed by atoms with Crippen molar-refractivity contribution in [3.63, 3.8) is 0 Å². The summed E-state index contributed by atoms with van der Waals surface area (Å²) < 4.78 is 0. The Morgan fingerprint density at radius 1 is 1.28 bits per heavy atom. The molecule has 0 spiro atoms. The highest BCUT2D eigenvalue weighted by molar-refractivity contribution is 6.31. The van der Waals surface area contributed by atoms with E-state index in [9.17, 15) is 0 Å². The van der Waals surface area contributed by atoms with E-state index in [4.69, 9.17) is 11.6 Å². The highest BCUT2D eigenvalue weighted by Gasteiger charge is 2.26. The van der Waals surface area contributed by atoms with Crippen molar-refractivity contribution in [1.29, 1.82) is 0 Å². The van der Waals surface area contributed by atoms with Gasteiger partial charge >= 0.3 is 0 Å². The largest absolute Gasteiger partial charge is 0.310 e. The van der Waals surface area contributed by atoms with E-state index < -0.39 is 0 Å². The molecule has 1 unspecified atom stereocenters. The molecular weight excluding hydrogens is 242 g/mol. The van der Waals surface area contributed by atoms with Crippen LogP contribution in [0.5, 0.6) is 0 Å². The molecule has 1 atom stereocenters. The van der Waals surface area contributed by atoms with Gasteiger partial charge in [-0.2, -0.15) is 0 Å². The smallest absolute Gasteiger partial charge is 0.0438 e. The van der Waals surface area contributed by atoms with Crippen LogP contribution < -0.4 is 5.32 Å². The highest BCUT2D eigenvalue weighted by atomic mass is 35.5. The summed E-state index contributed by atoms with van der Waals surface area (Å²) in [4.78, 5) is 0. The summed E-state index contributed by atoms with van der Waals surface area (Å²) >= 11 is 6.19. The van der Waals surface area contributed by atoms with E-state index in [2.05, 4.69) is 38.2 Å². The van der Waals surface area contributed by atoms with Crippen molar-refractivity contribution in [1.82, 2.24) is 5.32 Å². The van der Waals surface area contributed by atoms with Crippen molar-refractivity contribution in [2.75, 3.05) is 6.54 Å². The maximum Gasteiger partial charge on any atom is 0.0438 e. The topological polar surface area (TPSA) is 12.0 Å². The van der Waals surface area contributed by atoms with Gasteiger partial charge in [0, 0.05) is 11.1 Å². The minimum absolute atomic E-state index is 0.508. The second-order valence-electron chi connectivity index (χ2n) is 5.64. The summed E-state index contributed by atoms with van der Waals surface area (Å²) in [5, 5.41) is 4.59. The van der Waals surface area contributed by atoms with Crippen molar-refractivity contribution in [3.05, 3.63) is 33.8 Å². The number of hydrogen-bond donors (Lipinski definition) is 1. The van der Waals surface area contributed by atoms with Gasteiger partial charge in [-0.25, -0.2) is 0 Å². The van der Waals surface area contributed by atoms with E-state index >= 15 is 0 Å². The van der Waals surface area contributed by atoms with Gasteiger partial charge in [-0.3, -0.25) is 0 Å². The Labute approximate surface area is 116 Å². The fourth-order valence-electron chi connectivity index (χ4n) is 2.50. The van der Waals surface area contributed by atoms with E-state index in [0.717, 1.165) is 17.5 Å². The van der Waals surface area contributed by atoms with Gasteiger partial charge in [0.1, 0.15) is 0 Å². The van der Waals surface area contributed by atoms with Crippen LogP contribution in [0.15, 0.2) is 12.1 Å². The quantitative estimate of drug-likeness (QED) is 0.779. The molecule has 0 aromatic heterocycles. The zero-order valence-corrected chi connectivity index (χ0v) is 12.5. The number of hydrogen-bond acceptors (Lipinski definition) is 1. The lowest BCUT2D eigenvalue weighted by molar-refractivity contribution is 0.472. The third-order valence-electron chi connectivity index (χ3n) is 3.83. The Morgan fingerprint density at radius 3 is 2.61 bits per heavy atom. The van der Waals surface area contributed by atoms with Gasteiger partial charge in [-0.15, -0.1) is 0 Å². The molecule has 1 aliphatic rings. The molecule has 0 amide bonds. The predicted octanol–water partition coefficient (Wildman–Crippen LogP) is 4.80. The van der Waals surface area contributed by atoms with Crippen molar-refractivity contribution < 1.29 is 0 Å². The molecule has 0 aliphatic heterocycles. The van der Waals surface area contributed by atoms with Crippen LogP contribution in [0.25, 0.3) is 0 Å². The van der Waals surface area contributed by atoms with Crippen LogP contribution in [0.2, 0.25) is 5.02 Å². The first kappa shape index (κ1) is 13.9. The number of rotatable bonds is 6. The van der Waals surface area contributed by atoms with E-state index in [1.54, 1.807) is 0 Å². The summed E-state index contributed by atoms with van der Waals surface area (Å²) in [6.45, 7) is 7.59. The zero-order chi connectivity index (χ0) is 13.1. The average molecular weight is 266 g/mol. The molecule has 1 nitrogen and oxygen atoms in total. The number of halogens is 1. The van der Waals surface area contributed by atoms with E-state index in [1.807, 2.05) is 0 Å². The number of benzene rings is 1. The lowest BCUT2D eigenvalue weighted by Crippen LogP contribution is -2.23. The first-order valence-corrected chi connectivity index (χ1v) is 7.49. The second kappa shape index (κ2) is 6.08. The van der Waals surface area contributed by atoms with E-state index in [-0.39, 0.29) is 0 Å². The normalized spacial score (nSPS) is 16.9. The minimum atomic E-state index is 0.508. The molecule has 1 aromatic rings. The van der Waals surface area contributed by atoms with E-state index in [0.29, 0.717) is 6.04 Å². The van der Waals surface area contributed by atoms with Gasteiger partial charge < -0.3 is 5.32 Å². The van der Waals surface area contributed by atoms with Gasteiger partial charge in [0.25, 0.3) is 0 Å². The maximum atomic E-state index is 6.19. The minimum Gasteiger partial charge on any atom is -0.310 e. The number of nitrogens with one attached hydrogen (secondary N) is 1. The van der Waals surface area contributed by atoms with Crippen LogP contribution in [0.1, 0.15) is 55.3 Å². The summed E-state index contributed by atoms with van der Waals surface area (Å²) in [6, 6.07) is 4.89. The lowest BCUT2D eigenvalue weighted by Gasteiger charge is -2.22. The summed E-state index contributed by atoms with van der Waals surface area (Å²) in [5.74, 6) is 0.940. The number of aryl methyl sites for hydroxylation is 2. The predicted molar refractivity (Wildman–Crippen MR) is 79.3 cm³/mol. The zero-order valence-electron chi connectivity index (χ0n) is 11.7. The monoisotopic (exact) mass is 265 g/mol. The summed E-state index contributed by atoms with van der Waals surface area (Å²) in [5.41, 5.74) is 3.95. The van der Waals surface area contributed by atoms with Crippen LogP contribution in [-0.4, -0.2) is 6.54 Å². The third kappa shape index (κ3) is 3.49. The summed E-state index contributed by atoms with van der Waals surface area (Å²) in [7, 11) is 0.